The molecule has 1 aromatic rings. The Bertz CT molecular complexity index is 589. The molecule has 0 aliphatic carbocycles. The van der Waals surface area contributed by atoms with Crippen LogP contribution in [0, 0.1) is 12.8 Å². The summed E-state index contributed by atoms with van der Waals surface area (Å²) in [7, 11) is 0. The van der Waals surface area contributed by atoms with Gasteiger partial charge in [0.2, 0.25) is 11.8 Å². The molecule has 0 N–H and O–H groups in total. The molecule has 0 spiro atoms. The van der Waals surface area contributed by atoms with Crippen molar-refractivity contribution in [1.82, 2.24) is 4.90 Å². The molecule has 0 saturated carbocycles. The maximum absolute atomic E-state index is 12.8. The molecule has 3 atom stereocenters. The largest absolute Gasteiger partial charge is 0.372 e. The molecule has 3 rings (SSSR count). The fourth-order valence-electron chi connectivity index (χ4n) is 3.46. The number of ether oxygens (including phenoxy) is 1. The van der Waals surface area contributed by atoms with Gasteiger partial charge in [-0.05, 0) is 32.9 Å². The van der Waals surface area contributed by atoms with Crippen LogP contribution in [0.1, 0.15) is 25.8 Å². The second kappa shape index (κ2) is 6.32. The molecule has 1 aromatic carbocycles. The zero-order chi connectivity index (χ0) is 16.6. The SMILES string of the molecule is Cc1ccc(N2C[C@H](C(=O)N3C[C@H](C)O[C@@H](C)C3)CC2=O)cc1. The molecule has 2 saturated heterocycles. The van der Waals surface area contributed by atoms with Crippen LogP contribution in [0.4, 0.5) is 5.69 Å². The molecule has 0 aromatic heterocycles. The predicted octanol–water partition coefficient (Wildman–Crippen LogP) is 1.98. The minimum absolute atomic E-state index is 0.0292. The molecule has 5 nitrogen and oxygen atoms in total. The minimum atomic E-state index is -0.249. The summed E-state index contributed by atoms with van der Waals surface area (Å²) >= 11 is 0. The molecular weight excluding hydrogens is 292 g/mol. The lowest BCUT2D eigenvalue weighted by Crippen LogP contribution is -2.50. The summed E-state index contributed by atoms with van der Waals surface area (Å²) in [5.41, 5.74) is 2.03. The Kier molecular flexibility index (Phi) is 4.39. The number of morpholine rings is 1. The van der Waals surface area contributed by atoms with Crippen LogP contribution in [0.15, 0.2) is 24.3 Å². The summed E-state index contributed by atoms with van der Waals surface area (Å²) in [6.45, 7) is 7.67. The summed E-state index contributed by atoms with van der Waals surface area (Å²) in [5.74, 6) is -0.141. The monoisotopic (exact) mass is 316 g/mol. The van der Waals surface area contributed by atoms with Crippen molar-refractivity contribution in [3.05, 3.63) is 29.8 Å². The van der Waals surface area contributed by atoms with E-state index in [0.29, 0.717) is 26.1 Å². The van der Waals surface area contributed by atoms with E-state index in [2.05, 4.69) is 0 Å². The van der Waals surface area contributed by atoms with Crippen LogP contribution >= 0.6 is 0 Å². The first-order valence-electron chi connectivity index (χ1n) is 8.25. The number of carbonyl (C=O) groups is 2. The van der Waals surface area contributed by atoms with Gasteiger partial charge in [-0.3, -0.25) is 9.59 Å². The van der Waals surface area contributed by atoms with Crippen LogP contribution in [-0.2, 0) is 14.3 Å². The van der Waals surface area contributed by atoms with Gasteiger partial charge >= 0.3 is 0 Å². The normalized spacial score (nSPS) is 28.3. The van der Waals surface area contributed by atoms with Crippen molar-refractivity contribution < 1.29 is 14.3 Å². The van der Waals surface area contributed by atoms with Gasteiger partial charge in [0.1, 0.15) is 0 Å². The van der Waals surface area contributed by atoms with E-state index in [9.17, 15) is 9.59 Å². The zero-order valence-electron chi connectivity index (χ0n) is 14.0. The lowest BCUT2D eigenvalue weighted by Gasteiger charge is -2.36. The molecule has 0 unspecified atom stereocenters. The molecule has 0 bridgehead atoms. The van der Waals surface area contributed by atoms with Crippen molar-refractivity contribution >= 4 is 17.5 Å². The Hall–Kier alpha value is -1.88. The second-order valence-corrected chi connectivity index (χ2v) is 6.74. The summed E-state index contributed by atoms with van der Waals surface area (Å²) in [6.07, 6.45) is 0.397. The molecule has 23 heavy (non-hydrogen) atoms. The lowest BCUT2D eigenvalue weighted by atomic mass is 10.1. The Balaban J connectivity index is 1.69. The van der Waals surface area contributed by atoms with E-state index in [1.54, 1.807) is 4.90 Å². The third kappa shape index (κ3) is 3.39. The fraction of sp³-hybridized carbons (Fsp3) is 0.556. The quantitative estimate of drug-likeness (QED) is 0.838. The Labute approximate surface area is 137 Å². The van der Waals surface area contributed by atoms with Crippen molar-refractivity contribution in [2.45, 2.75) is 39.4 Å². The van der Waals surface area contributed by atoms with E-state index in [4.69, 9.17) is 4.74 Å². The maximum Gasteiger partial charge on any atom is 0.228 e. The topological polar surface area (TPSA) is 49.9 Å². The summed E-state index contributed by atoms with van der Waals surface area (Å²) in [6, 6.07) is 7.87. The van der Waals surface area contributed by atoms with Gasteiger partial charge in [-0.15, -0.1) is 0 Å². The third-order valence-corrected chi connectivity index (χ3v) is 4.55. The number of aryl methyl sites for hydroxylation is 1. The Morgan fingerprint density at radius 3 is 2.30 bits per heavy atom. The predicted molar refractivity (Wildman–Crippen MR) is 88.2 cm³/mol. The summed E-state index contributed by atoms with van der Waals surface area (Å²) < 4.78 is 5.68. The molecule has 2 aliphatic rings. The van der Waals surface area contributed by atoms with Gasteiger partial charge in [0.05, 0.1) is 18.1 Å². The number of carbonyl (C=O) groups excluding carboxylic acids is 2. The zero-order valence-corrected chi connectivity index (χ0v) is 14.0. The number of rotatable bonds is 2. The van der Waals surface area contributed by atoms with Gasteiger partial charge in [0.15, 0.2) is 0 Å². The van der Waals surface area contributed by atoms with Gasteiger partial charge in [-0.2, -0.15) is 0 Å². The second-order valence-electron chi connectivity index (χ2n) is 6.74. The third-order valence-electron chi connectivity index (χ3n) is 4.55. The van der Waals surface area contributed by atoms with Gasteiger partial charge in [0, 0.05) is 31.7 Å². The van der Waals surface area contributed by atoms with Crippen molar-refractivity contribution in [1.29, 1.82) is 0 Å². The van der Waals surface area contributed by atoms with Gasteiger partial charge in [-0.25, -0.2) is 0 Å². The van der Waals surface area contributed by atoms with E-state index >= 15 is 0 Å². The molecule has 2 fully saturated rings. The van der Waals surface area contributed by atoms with Crippen LogP contribution in [0.2, 0.25) is 0 Å². The van der Waals surface area contributed by atoms with Gasteiger partial charge in [0.25, 0.3) is 0 Å². The van der Waals surface area contributed by atoms with Crippen LogP contribution in [0.5, 0.6) is 0 Å². The fourth-order valence-corrected chi connectivity index (χ4v) is 3.46. The first-order chi connectivity index (χ1) is 10.9. The highest BCUT2D eigenvalue weighted by atomic mass is 16.5. The molecule has 2 heterocycles. The smallest absolute Gasteiger partial charge is 0.228 e. The van der Waals surface area contributed by atoms with Crippen LogP contribution in [0.25, 0.3) is 0 Å². The number of anilines is 1. The lowest BCUT2D eigenvalue weighted by molar-refractivity contribution is -0.147. The van der Waals surface area contributed by atoms with E-state index in [0.717, 1.165) is 11.3 Å². The van der Waals surface area contributed by atoms with Crippen molar-refractivity contribution in [3.8, 4) is 0 Å². The van der Waals surface area contributed by atoms with Gasteiger partial charge < -0.3 is 14.5 Å². The molecular formula is C18H24N2O3. The first kappa shape index (κ1) is 16.0. The van der Waals surface area contributed by atoms with E-state index < -0.39 is 0 Å². The number of nitrogens with zero attached hydrogens (tertiary/aromatic N) is 2. The molecule has 0 radical (unpaired) electrons. The van der Waals surface area contributed by atoms with E-state index in [-0.39, 0.29) is 29.9 Å². The summed E-state index contributed by atoms with van der Waals surface area (Å²) in [5, 5.41) is 0. The van der Waals surface area contributed by atoms with Crippen molar-refractivity contribution in [3.63, 3.8) is 0 Å². The Morgan fingerprint density at radius 1 is 1.09 bits per heavy atom. The molecule has 2 amide bonds. The molecule has 124 valence electrons. The van der Waals surface area contributed by atoms with E-state index in [1.165, 1.54) is 0 Å². The van der Waals surface area contributed by atoms with Crippen LogP contribution < -0.4 is 4.90 Å². The van der Waals surface area contributed by atoms with E-state index in [1.807, 2.05) is 49.9 Å². The number of hydrogen-bond donors (Lipinski definition) is 0. The average Bonchev–Trinajstić information content (AvgIpc) is 2.88. The molecule has 5 heteroatoms. The van der Waals surface area contributed by atoms with Crippen LogP contribution in [0.3, 0.4) is 0 Å². The number of amides is 2. The van der Waals surface area contributed by atoms with Crippen LogP contribution in [-0.4, -0.2) is 48.6 Å². The number of benzene rings is 1. The van der Waals surface area contributed by atoms with Crippen molar-refractivity contribution in [2.75, 3.05) is 24.5 Å². The van der Waals surface area contributed by atoms with Gasteiger partial charge in [-0.1, -0.05) is 17.7 Å². The van der Waals surface area contributed by atoms with Crippen molar-refractivity contribution in [2.24, 2.45) is 5.92 Å². The Morgan fingerprint density at radius 2 is 1.70 bits per heavy atom. The number of hydrogen-bond acceptors (Lipinski definition) is 3. The first-order valence-corrected chi connectivity index (χ1v) is 8.25. The standard InChI is InChI=1S/C18H24N2O3/c1-12-4-6-16(7-5-12)20-11-15(8-17(20)21)18(22)19-9-13(2)23-14(3)10-19/h4-7,13-15H,8-11H2,1-3H3/t13-,14-,15+/m0/s1. The highest BCUT2D eigenvalue weighted by Crippen LogP contribution is 2.27. The highest BCUT2D eigenvalue weighted by Gasteiger charge is 2.38. The summed E-state index contributed by atoms with van der Waals surface area (Å²) in [4.78, 5) is 28.7. The average molecular weight is 316 g/mol. The minimum Gasteiger partial charge on any atom is -0.372 e. The molecule has 2 aliphatic heterocycles. The maximum atomic E-state index is 12.8. The highest BCUT2D eigenvalue weighted by molar-refractivity contribution is 6.00.